The molecule has 1 aliphatic rings. The van der Waals surface area contributed by atoms with Crippen LogP contribution in [0.5, 0.6) is 0 Å². The molecule has 90 valence electrons. The van der Waals surface area contributed by atoms with Crippen molar-refractivity contribution in [3.63, 3.8) is 0 Å². The molecule has 0 saturated heterocycles. The molecule has 0 bridgehead atoms. The van der Waals surface area contributed by atoms with E-state index in [1.165, 1.54) is 18.4 Å². The van der Waals surface area contributed by atoms with Crippen molar-refractivity contribution in [1.82, 2.24) is 5.32 Å². The van der Waals surface area contributed by atoms with Crippen LogP contribution < -0.4 is 5.32 Å². The smallest absolute Gasteiger partial charge is 0.108 e. The zero-order chi connectivity index (χ0) is 11.4. The highest BCUT2D eigenvalue weighted by Gasteiger charge is 2.23. The Morgan fingerprint density at radius 3 is 3.25 bits per heavy atom. The monoisotopic (exact) mass is 223 g/mol. The lowest BCUT2D eigenvalue weighted by molar-refractivity contribution is 0.251. The average molecular weight is 223 g/mol. The quantitative estimate of drug-likeness (QED) is 0.805. The number of hydrogen-bond acceptors (Lipinski definition) is 3. The highest BCUT2D eigenvalue weighted by Crippen LogP contribution is 2.31. The van der Waals surface area contributed by atoms with Gasteiger partial charge in [0.15, 0.2) is 0 Å². The first-order valence-electron chi connectivity index (χ1n) is 6.28. The van der Waals surface area contributed by atoms with Crippen LogP contribution in [0, 0.1) is 0 Å². The van der Waals surface area contributed by atoms with E-state index in [1.54, 1.807) is 6.26 Å². The summed E-state index contributed by atoms with van der Waals surface area (Å²) in [5.41, 5.74) is 1.32. The van der Waals surface area contributed by atoms with Crippen LogP contribution >= 0.6 is 0 Å². The fourth-order valence-electron chi connectivity index (χ4n) is 2.51. The zero-order valence-electron chi connectivity index (χ0n) is 9.91. The molecule has 1 aliphatic carbocycles. The molecule has 0 saturated carbocycles. The van der Waals surface area contributed by atoms with Gasteiger partial charge in [-0.15, -0.1) is 0 Å². The van der Waals surface area contributed by atoms with E-state index in [0.717, 1.165) is 25.0 Å². The van der Waals surface area contributed by atoms with Gasteiger partial charge in [-0.05, 0) is 31.7 Å². The molecule has 0 aromatic carbocycles. The molecule has 0 spiro atoms. The first kappa shape index (κ1) is 11.7. The van der Waals surface area contributed by atoms with Crippen molar-refractivity contribution < 1.29 is 9.52 Å². The summed E-state index contributed by atoms with van der Waals surface area (Å²) in [6, 6.07) is 2.91. The molecule has 2 atom stereocenters. The third kappa shape index (κ3) is 2.47. The van der Waals surface area contributed by atoms with E-state index in [2.05, 4.69) is 18.3 Å². The molecular formula is C13H21NO2. The Bertz CT molecular complexity index is 321. The van der Waals surface area contributed by atoms with Crippen molar-refractivity contribution in [1.29, 1.82) is 0 Å². The summed E-state index contributed by atoms with van der Waals surface area (Å²) >= 11 is 0. The van der Waals surface area contributed by atoms with E-state index in [-0.39, 0.29) is 6.61 Å². The lowest BCUT2D eigenvalue weighted by Gasteiger charge is -2.27. The number of furan rings is 1. The standard InChI is InChI=1S/C13H21NO2/c1-2-10(6-8-15)14-12-4-3-5-13-11(12)7-9-16-13/h7,9-10,12,14-15H,2-6,8H2,1H3. The maximum atomic E-state index is 8.99. The maximum absolute atomic E-state index is 8.99. The molecular weight excluding hydrogens is 202 g/mol. The SMILES string of the molecule is CCC(CCO)NC1CCCc2occc21. The molecule has 0 fully saturated rings. The Morgan fingerprint density at radius 2 is 2.50 bits per heavy atom. The fourth-order valence-corrected chi connectivity index (χ4v) is 2.51. The van der Waals surface area contributed by atoms with Crippen LogP contribution in [0.3, 0.4) is 0 Å². The predicted octanol–water partition coefficient (Wildman–Crippen LogP) is 2.41. The van der Waals surface area contributed by atoms with Gasteiger partial charge in [0.2, 0.25) is 0 Å². The Morgan fingerprint density at radius 1 is 1.62 bits per heavy atom. The Balaban J connectivity index is 2.01. The maximum Gasteiger partial charge on any atom is 0.108 e. The minimum atomic E-state index is 0.260. The van der Waals surface area contributed by atoms with E-state index in [9.17, 15) is 0 Å². The van der Waals surface area contributed by atoms with Gasteiger partial charge in [0.05, 0.1) is 6.26 Å². The topological polar surface area (TPSA) is 45.4 Å². The summed E-state index contributed by atoms with van der Waals surface area (Å²) in [5.74, 6) is 1.14. The Kier molecular flexibility index (Phi) is 4.02. The molecule has 16 heavy (non-hydrogen) atoms. The van der Waals surface area contributed by atoms with E-state index >= 15 is 0 Å². The first-order valence-corrected chi connectivity index (χ1v) is 6.28. The molecule has 2 rings (SSSR count). The van der Waals surface area contributed by atoms with Crippen molar-refractivity contribution in [2.45, 2.75) is 51.1 Å². The summed E-state index contributed by atoms with van der Waals surface area (Å²) in [4.78, 5) is 0. The number of nitrogens with one attached hydrogen (secondary N) is 1. The van der Waals surface area contributed by atoms with Gasteiger partial charge < -0.3 is 14.8 Å². The van der Waals surface area contributed by atoms with E-state index in [0.29, 0.717) is 12.1 Å². The molecule has 1 aromatic rings. The normalized spacial score (nSPS) is 21.8. The van der Waals surface area contributed by atoms with Gasteiger partial charge in [0.25, 0.3) is 0 Å². The van der Waals surface area contributed by atoms with Crippen LogP contribution in [-0.4, -0.2) is 17.8 Å². The summed E-state index contributed by atoms with van der Waals surface area (Å²) < 4.78 is 5.47. The molecule has 1 heterocycles. The molecule has 3 heteroatoms. The summed E-state index contributed by atoms with van der Waals surface area (Å²) in [6.07, 6.45) is 7.11. The van der Waals surface area contributed by atoms with Gasteiger partial charge >= 0.3 is 0 Å². The Labute approximate surface area is 96.8 Å². The molecule has 2 unspecified atom stereocenters. The molecule has 0 aliphatic heterocycles. The highest BCUT2D eigenvalue weighted by molar-refractivity contribution is 5.24. The van der Waals surface area contributed by atoms with Gasteiger partial charge in [0.1, 0.15) is 5.76 Å². The summed E-state index contributed by atoms with van der Waals surface area (Å²) in [6.45, 7) is 2.42. The lowest BCUT2D eigenvalue weighted by atomic mass is 9.92. The summed E-state index contributed by atoms with van der Waals surface area (Å²) in [7, 11) is 0. The van der Waals surface area contributed by atoms with Crippen LogP contribution in [0.25, 0.3) is 0 Å². The molecule has 2 N–H and O–H groups in total. The van der Waals surface area contributed by atoms with Crippen LogP contribution in [0.1, 0.15) is 50.0 Å². The molecule has 0 amide bonds. The van der Waals surface area contributed by atoms with Crippen molar-refractivity contribution in [3.8, 4) is 0 Å². The minimum Gasteiger partial charge on any atom is -0.469 e. The van der Waals surface area contributed by atoms with Crippen LogP contribution in [0.15, 0.2) is 16.7 Å². The number of hydrogen-bond donors (Lipinski definition) is 2. The van der Waals surface area contributed by atoms with Crippen LogP contribution in [0.4, 0.5) is 0 Å². The van der Waals surface area contributed by atoms with E-state index in [1.807, 2.05) is 0 Å². The first-order chi connectivity index (χ1) is 7.85. The van der Waals surface area contributed by atoms with Crippen molar-refractivity contribution in [2.24, 2.45) is 0 Å². The van der Waals surface area contributed by atoms with Gasteiger partial charge in [-0.25, -0.2) is 0 Å². The second-order valence-corrected chi connectivity index (χ2v) is 4.53. The largest absolute Gasteiger partial charge is 0.469 e. The lowest BCUT2D eigenvalue weighted by Crippen LogP contribution is -2.34. The number of aliphatic hydroxyl groups is 1. The zero-order valence-corrected chi connectivity index (χ0v) is 9.91. The number of aryl methyl sites for hydroxylation is 1. The Hall–Kier alpha value is -0.800. The molecule has 3 nitrogen and oxygen atoms in total. The van der Waals surface area contributed by atoms with Crippen molar-refractivity contribution in [2.75, 3.05) is 6.61 Å². The second kappa shape index (κ2) is 5.51. The second-order valence-electron chi connectivity index (χ2n) is 4.53. The highest BCUT2D eigenvalue weighted by atomic mass is 16.3. The van der Waals surface area contributed by atoms with Crippen molar-refractivity contribution in [3.05, 3.63) is 23.7 Å². The van der Waals surface area contributed by atoms with E-state index < -0.39 is 0 Å². The predicted molar refractivity (Wildman–Crippen MR) is 63.3 cm³/mol. The minimum absolute atomic E-state index is 0.260. The van der Waals surface area contributed by atoms with Gasteiger partial charge in [-0.1, -0.05) is 6.92 Å². The van der Waals surface area contributed by atoms with Gasteiger partial charge in [-0.3, -0.25) is 0 Å². The van der Waals surface area contributed by atoms with E-state index in [4.69, 9.17) is 9.52 Å². The number of fused-ring (bicyclic) bond motifs is 1. The average Bonchev–Trinajstić information content (AvgIpc) is 2.77. The van der Waals surface area contributed by atoms with Crippen molar-refractivity contribution >= 4 is 0 Å². The fraction of sp³-hybridized carbons (Fsp3) is 0.692. The summed E-state index contributed by atoms with van der Waals surface area (Å²) in [5, 5.41) is 12.6. The third-order valence-electron chi connectivity index (χ3n) is 3.46. The van der Waals surface area contributed by atoms with Gasteiger partial charge in [-0.2, -0.15) is 0 Å². The van der Waals surface area contributed by atoms with Crippen LogP contribution in [0.2, 0.25) is 0 Å². The molecule has 1 aromatic heterocycles. The third-order valence-corrected chi connectivity index (χ3v) is 3.46. The number of rotatable bonds is 5. The number of aliphatic hydroxyl groups excluding tert-OH is 1. The van der Waals surface area contributed by atoms with Gasteiger partial charge in [0, 0.05) is 30.7 Å². The molecule has 0 radical (unpaired) electrons. The van der Waals surface area contributed by atoms with Crippen LogP contribution in [-0.2, 0) is 6.42 Å².